The molecule has 0 aliphatic carbocycles. The second kappa shape index (κ2) is 12.4. The molecule has 218 valence electrons. The first kappa shape index (κ1) is 32.2. The van der Waals surface area contributed by atoms with E-state index in [4.69, 9.17) is 20.6 Å². The van der Waals surface area contributed by atoms with Crippen LogP contribution in [0.1, 0.15) is 33.3 Å². The van der Waals surface area contributed by atoms with Gasteiger partial charge >= 0.3 is 24.3 Å². The number of nitriles is 1. The fourth-order valence-electron chi connectivity index (χ4n) is 3.82. The Kier molecular flexibility index (Phi) is 9.74. The topological polar surface area (TPSA) is 162 Å². The zero-order valence-corrected chi connectivity index (χ0v) is 22.9. The lowest BCUT2D eigenvalue weighted by Gasteiger charge is -2.43. The first-order valence-corrected chi connectivity index (χ1v) is 11.8. The SMILES string of the molecule is C=C/C(C#N)=C\C=C(/NC(=O)OC(C)(C)C)[C@@H]1C(C(=O)OC)=C(C)N(c2cccc(C(F)(F)F)c2)C(=N)N1C(N)=O. The van der Waals surface area contributed by atoms with Gasteiger partial charge in [-0.25, -0.2) is 14.4 Å². The summed E-state index contributed by atoms with van der Waals surface area (Å²) in [6.07, 6.45) is -2.16. The van der Waals surface area contributed by atoms with Gasteiger partial charge in [0.15, 0.2) is 0 Å². The van der Waals surface area contributed by atoms with E-state index in [0.29, 0.717) is 4.90 Å². The van der Waals surface area contributed by atoms with Crippen molar-refractivity contribution in [3.05, 3.63) is 77.2 Å². The van der Waals surface area contributed by atoms with Crippen molar-refractivity contribution in [2.75, 3.05) is 12.0 Å². The number of methoxy groups -OCH3 is 1. The Labute approximate surface area is 234 Å². The van der Waals surface area contributed by atoms with E-state index in [1.165, 1.54) is 31.2 Å². The first-order valence-electron chi connectivity index (χ1n) is 11.8. The van der Waals surface area contributed by atoms with Crippen LogP contribution < -0.4 is 16.0 Å². The molecule has 0 spiro atoms. The number of primary amides is 1. The highest BCUT2D eigenvalue weighted by Gasteiger charge is 2.45. The molecule has 0 unspecified atom stereocenters. The van der Waals surface area contributed by atoms with E-state index in [9.17, 15) is 32.8 Å². The van der Waals surface area contributed by atoms with Crippen LogP contribution in [0.15, 0.2) is 71.6 Å². The lowest BCUT2D eigenvalue weighted by Crippen LogP contribution is -2.61. The quantitative estimate of drug-likeness (QED) is 0.252. The third-order valence-corrected chi connectivity index (χ3v) is 5.50. The molecule has 0 aromatic heterocycles. The number of amides is 3. The van der Waals surface area contributed by atoms with Gasteiger partial charge in [0, 0.05) is 17.1 Å². The number of carbonyl (C=O) groups excluding carboxylic acids is 3. The molecular formula is C27H29F3N6O5. The van der Waals surface area contributed by atoms with Gasteiger partial charge in [-0.15, -0.1) is 0 Å². The summed E-state index contributed by atoms with van der Waals surface area (Å²) in [7, 11) is 1.03. The van der Waals surface area contributed by atoms with Crippen molar-refractivity contribution in [3.63, 3.8) is 0 Å². The lowest BCUT2D eigenvalue weighted by molar-refractivity contribution is -0.138. The van der Waals surface area contributed by atoms with Crippen LogP contribution in [0.4, 0.5) is 28.4 Å². The maximum absolute atomic E-state index is 13.5. The van der Waals surface area contributed by atoms with Crippen molar-refractivity contribution in [3.8, 4) is 6.07 Å². The molecule has 0 saturated heterocycles. The summed E-state index contributed by atoms with van der Waals surface area (Å²) in [5.74, 6) is -1.79. The number of esters is 1. The number of hydrogen-bond acceptors (Lipinski definition) is 7. The van der Waals surface area contributed by atoms with E-state index in [-0.39, 0.29) is 28.2 Å². The summed E-state index contributed by atoms with van der Waals surface area (Å²) in [6, 6.07) is 2.79. The maximum Gasteiger partial charge on any atom is 0.416 e. The number of nitrogens with zero attached hydrogens (tertiary/aromatic N) is 3. The average Bonchev–Trinajstić information content (AvgIpc) is 2.86. The number of nitrogens with two attached hydrogens (primary N) is 1. The van der Waals surface area contributed by atoms with E-state index in [1.807, 2.05) is 6.07 Å². The number of hydrogen-bond donors (Lipinski definition) is 3. The Morgan fingerprint density at radius 3 is 2.34 bits per heavy atom. The summed E-state index contributed by atoms with van der Waals surface area (Å²) >= 11 is 0. The fraction of sp³-hybridized carbons (Fsp3) is 0.296. The molecule has 11 nitrogen and oxygen atoms in total. The summed E-state index contributed by atoms with van der Waals surface area (Å²) in [6.45, 7) is 9.58. The summed E-state index contributed by atoms with van der Waals surface area (Å²) in [4.78, 5) is 40.2. The Balaban J connectivity index is 2.93. The minimum atomic E-state index is -4.73. The molecule has 1 atom stereocenters. The smallest absolute Gasteiger partial charge is 0.416 e. The number of carbonyl (C=O) groups is 3. The third kappa shape index (κ3) is 7.53. The summed E-state index contributed by atoms with van der Waals surface area (Å²) in [5, 5.41) is 20.5. The predicted molar refractivity (Wildman–Crippen MR) is 143 cm³/mol. The highest BCUT2D eigenvalue weighted by atomic mass is 19.4. The largest absolute Gasteiger partial charge is 0.466 e. The highest BCUT2D eigenvalue weighted by molar-refractivity contribution is 6.10. The van der Waals surface area contributed by atoms with Gasteiger partial charge in [0.05, 0.1) is 29.9 Å². The molecule has 0 fully saturated rings. The molecule has 1 aromatic rings. The van der Waals surface area contributed by atoms with Gasteiger partial charge in [0.1, 0.15) is 11.6 Å². The summed E-state index contributed by atoms with van der Waals surface area (Å²) in [5.41, 5.74) is 2.72. The normalized spacial score (nSPS) is 16.7. The van der Waals surface area contributed by atoms with Crippen molar-refractivity contribution < 1.29 is 37.0 Å². The van der Waals surface area contributed by atoms with E-state index in [1.54, 1.807) is 20.8 Å². The minimum absolute atomic E-state index is 0.0240. The number of alkyl carbamates (subject to hydrolysis) is 1. The van der Waals surface area contributed by atoms with Crippen LogP contribution in [-0.2, 0) is 20.4 Å². The average molecular weight is 575 g/mol. The van der Waals surface area contributed by atoms with Gasteiger partial charge in [-0.1, -0.05) is 18.7 Å². The molecule has 0 saturated carbocycles. The number of nitrogens with one attached hydrogen (secondary N) is 2. The van der Waals surface area contributed by atoms with Crippen LogP contribution in [0.25, 0.3) is 0 Å². The van der Waals surface area contributed by atoms with Crippen molar-refractivity contribution in [1.29, 1.82) is 10.7 Å². The molecule has 1 aliphatic rings. The number of ether oxygens (including phenoxy) is 2. The molecule has 1 aliphatic heterocycles. The molecule has 3 amide bonds. The Hall–Kier alpha value is -5.06. The lowest BCUT2D eigenvalue weighted by atomic mass is 9.95. The van der Waals surface area contributed by atoms with E-state index >= 15 is 0 Å². The van der Waals surface area contributed by atoms with Crippen LogP contribution >= 0.6 is 0 Å². The number of benzene rings is 1. The zero-order valence-electron chi connectivity index (χ0n) is 22.9. The molecule has 4 N–H and O–H groups in total. The number of urea groups is 1. The van der Waals surface area contributed by atoms with Gasteiger partial charge in [-0.2, -0.15) is 18.4 Å². The molecule has 2 rings (SSSR count). The fourth-order valence-corrected chi connectivity index (χ4v) is 3.82. The van der Waals surface area contributed by atoms with Crippen LogP contribution in [0.5, 0.6) is 0 Å². The number of halogens is 3. The number of alkyl halides is 3. The van der Waals surface area contributed by atoms with Crippen molar-refractivity contribution >= 4 is 29.7 Å². The first-order chi connectivity index (χ1) is 19.0. The standard InChI is InChI=1S/C27H29F3N6O5/c1-7-16(14-31)11-12-19(34-25(39)41-26(3,4)5)21-20(22(37)40-6)15(2)35(23(32)36(21)24(33)38)18-10-8-9-17(13-18)27(28,29)30/h7-13,21,32H,1H2,2-6H3,(H2,33,38)(H,34,39)/b16-11+,19-12-,32-23?/t21-/m1/s1. The molecule has 41 heavy (non-hydrogen) atoms. The van der Waals surface area contributed by atoms with Crippen molar-refractivity contribution in [1.82, 2.24) is 10.2 Å². The predicted octanol–water partition coefficient (Wildman–Crippen LogP) is 4.70. The molecule has 1 heterocycles. The second-order valence-electron chi connectivity index (χ2n) is 9.50. The van der Waals surface area contributed by atoms with Crippen LogP contribution in [0.3, 0.4) is 0 Å². The van der Waals surface area contributed by atoms with Gasteiger partial charge in [-0.05, 0) is 58.0 Å². The highest BCUT2D eigenvalue weighted by Crippen LogP contribution is 2.37. The molecular weight excluding hydrogens is 545 g/mol. The van der Waals surface area contributed by atoms with E-state index in [2.05, 4.69) is 11.9 Å². The molecule has 0 radical (unpaired) electrons. The summed E-state index contributed by atoms with van der Waals surface area (Å²) < 4.78 is 50.6. The van der Waals surface area contributed by atoms with E-state index < -0.39 is 47.4 Å². The van der Waals surface area contributed by atoms with Gasteiger partial charge in [0.2, 0.25) is 5.96 Å². The van der Waals surface area contributed by atoms with Crippen LogP contribution in [0, 0.1) is 16.7 Å². The zero-order chi connectivity index (χ0) is 31.3. The minimum Gasteiger partial charge on any atom is -0.466 e. The van der Waals surface area contributed by atoms with Crippen molar-refractivity contribution in [2.45, 2.75) is 45.5 Å². The molecule has 0 bridgehead atoms. The monoisotopic (exact) mass is 574 g/mol. The Morgan fingerprint density at radius 1 is 1.22 bits per heavy atom. The second-order valence-corrected chi connectivity index (χ2v) is 9.50. The van der Waals surface area contributed by atoms with Gasteiger partial charge in [0.25, 0.3) is 0 Å². The van der Waals surface area contributed by atoms with Crippen LogP contribution in [-0.4, -0.2) is 47.7 Å². The number of allylic oxidation sites excluding steroid dienone is 5. The van der Waals surface area contributed by atoms with Crippen LogP contribution in [0.2, 0.25) is 0 Å². The molecule has 1 aromatic carbocycles. The number of guanidine groups is 1. The van der Waals surface area contributed by atoms with Gasteiger partial charge < -0.3 is 15.2 Å². The maximum atomic E-state index is 13.5. The number of anilines is 1. The van der Waals surface area contributed by atoms with E-state index in [0.717, 1.165) is 30.2 Å². The Morgan fingerprint density at radius 2 is 1.85 bits per heavy atom. The van der Waals surface area contributed by atoms with Gasteiger partial charge in [-0.3, -0.25) is 20.5 Å². The molecule has 14 heteroatoms. The Bertz CT molecular complexity index is 1400. The van der Waals surface area contributed by atoms with Crippen molar-refractivity contribution in [2.24, 2.45) is 5.73 Å². The number of rotatable bonds is 6. The third-order valence-electron chi connectivity index (χ3n) is 5.50.